The van der Waals surface area contributed by atoms with Gasteiger partial charge in [0.15, 0.2) is 0 Å². The van der Waals surface area contributed by atoms with Crippen molar-refractivity contribution in [3.63, 3.8) is 0 Å². The molecule has 0 saturated carbocycles. The summed E-state index contributed by atoms with van der Waals surface area (Å²) in [6, 6.07) is 10.5. The summed E-state index contributed by atoms with van der Waals surface area (Å²) in [5, 5.41) is 0. The lowest BCUT2D eigenvalue weighted by Crippen LogP contribution is -2.49. The standard InChI is InChI=1S/C24H26F6N2O3/c1-34-22(33)14-31-7-9-32(10-8-31)21(18-5-3-2-4-6-18)16-35-15-17-11-19(23(25,26)27)13-20(12-17)24(28,29)30/h2-6,11-13,21H,7-10,14-16H2,1H3/i1-1. The minimum Gasteiger partial charge on any atom is -0.468 e. The fourth-order valence-electron chi connectivity index (χ4n) is 3.96. The van der Waals surface area contributed by atoms with Crippen molar-refractivity contribution >= 4 is 5.97 Å². The predicted octanol–water partition coefficient (Wildman–Crippen LogP) is 4.77. The zero-order chi connectivity index (χ0) is 25.6. The molecular weight excluding hydrogens is 477 g/mol. The Labute approximate surface area is 199 Å². The molecule has 1 fully saturated rings. The van der Waals surface area contributed by atoms with E-state index in [2.05, 4.69) is 4.90 Å². The smallest absolute Gasteiger partial charge is 0.416 e. The molecule has 192 valence electrons. The molecule has 2 aromatic carbocycles. The Kier molecular flexibility index (Phi) is 8.79. The van der Waals surface area contributed by atoms with E-state index in [1.165, 1.54) is 7.11 Å². The van der Waals surface area contributed by atoms with Crippen molar-refractivity contribution in [3.8, 4) is 0 Å². The molecular formula is C24H26F6N2O3. The maximum Gasteiger partial charge on any atom is 0.416 e. The van der Waals surface area contributed by atoms with E-state index in [9.17, 15) is 31.1 Å². The second-order valence-corrected chi connectivity index (χ2v) is 8.24. The maximum atomic E-state index is 13.1. The number of nitrogens with zero attached hydrogens (tertiary/aromatic N) is 2. The van der Waals surface area contributed by atoms with Crippen molar-refractivity contribution < 1.29 is 40.6 Å². The number of alkyl halides is 6. The second kappa shape index (κ2) is 11.4. The number of carbonyl (C=O) groups excluding carboxylic acids is 1. The number of esters is 1. The molecule has 11 heteroatoms. The van der Waals surface area contributed by atoms with E-state index in [0.717, 1.165) is 5.56 Å². The lowest BCUT2D eigenvalue weighted by molar-refractivity contribution is -0.144. The summed E-state index contributed by atoms with van der Waals surface area (Å²) < 4.78 is 89.2. The minimum absolute atomic E-state index is 0.0681. The van der Waals surface area contributed by atoms with Gasteiger partial charge in [0.1, 0.15) is 0 Å². The Morgan fingerprint density at radius 2 is 1.49 bits per heavy atom. The van der Waals surface area contributed by atoms with Gasteiger partial charge in [-0.1, -0.05) is 30.3 Å². The highest BCUT2D eigenvalue weighted by Gasteiger charge is 2.37. The van der Waals surface area contributed by atoms with Gasteiger partial charge in [-0.05, 0) is 29.3 Å². The molecule has 0 amide bonds. The quantitative estimate of drug-likeness (QED) is 0.384. The van der Waals surface area contributed by atoms with E-state index >= 15 is 0 Å². The second-order valence-electron chi connectivity index (χ2n) is 8.24. The largest absolute Gasteiger partial charge is 0.468 e. The van der Waals surface area contributed by atoms with Crippen LogP contribution in [0.2, 0.25) is 0 Å². The number of hydrogen-bond donors (Lipinski definition) is 0. The summed E-state index contributed by atoms with van der Waals surface area (Å²) in [6.45, 7) is 2.23. The summed E-state index contributed by atoms with van der Waals surface area (Å²) in [7, 11) is 1.32. The molecule has 1 saturated heterocycles. The Morgan fingerprint density at radius 1 is 0.914 bits per heavy atom. The Bertz CT molecular complexity index is 941. The van der Waals surface area contributed by atoms with Crippen LogP contribution in [0.15, 0.2) is 48.5 Å². The number of methoxy groups -OCH3 is 1. The molecule has 0 N–H and O–H groups in total. The number of benzene rings is 2. The van der Waals surface area contributed by atoms with Crippen LogP contribution in [0.5, 0.6) is 0 Å². The summed E-state index contributed by atoms with van der Waals surface area (Å²) in [5.41, 5.74) is -2.03. The van der Waals surface area contributed by atoms with Crippen LogP contribution in [0.1, 0.15) is 28.3 Å². The minimum atomic E-state index is -4.91. The lowest BCUT2D eigenvalue weighted by Gasteiger charge is -2.39. The van der Waals surface area contributed by atoms with E-state index < -0.39 is 30.1 Å². The van der Waals surface area contributed by atoms with Crippen molar-refractivity contribution in [2.45, 2.75) is 25.0 Å². The van der Waals surface area contributed by atoms with Crippen LogP contribution in [-0.2, 0) is 33.2 Å². The molecule has 1 atom stereocenters. The summed E-state index contributed by atoms with van der Waals surface area (Å²) in [5.74, 6) is -0.333. The molecule has 0 radical (unpaired) electrons. The Morgan fingerprint density at radius 3 is 2.00 bits per heavy atom. The summed E-state index contributed by atoms with van der Waals surface area (Å²) in [4.78, 5) is 15.6. The molecule has 0 aromatic heterocycles. The van der Waals surface area contributed by atoms with Gasteiger partial charge < -0.3 is 9.47 Å². The van der Waals surface area contributed by atoms with Crippen LogP contribution in [-0.4, -0.2) is 62.2 Å². The van der Waals surface area contributed by atoms with Crippen LogP contribution in [0.4, 0.5) is 26.3 Å². The molecule has 0 spiro atoms. The summed E-state index contributed by atoms with van der Waals surface area (Å²) >= 11 is 0. The fraction of sp³-hybridized carbons (Fsp3) is 0.458. The number of hydrogen-bond acceptors (Lipinski definition) is 5. The molecule has 35 heavy (non-hydrogen) atoms. The van der Waals surface area contributed by atoms with E-state index in [4.69, 9.17) is 9.47 Å². The van der Waals surface area contributed by atoms with Gasteiger partial charge in [-0.15, -0.1) is 0 Å². The highest BCUT2D eigenvalue weighted by molar-refractivity contribution is 5.71. The first-order valence-electron chi connectivity index (χ1n) is 10.9. The zero-order valence-corrected chi connectivity index (χ0v) is 19.0. The number of piperazine rings is 1. The van der Waals surface area contributed by atoms with Crippen LogP contribution >= 0.6 is 0 Å². The first kappa shape index (κ1) is 27.0. The topological polar surface area (TPSA) is 42.0 Å². The van der Waals surface area contributed by atoms with Crippen molar-refractivity contribution in [2.75, 3.05) is 46.4 Å². The van der Waals surface area contributed by atoms with Crippen LogP contribution in [0.25, 0.3) is 0 Å². The molecule has 1 heterocycles. The first-order chi connectivity index (χ1) is 16.5. The lowest BCUT2D eigenvalue weighted by atomic mass is 10.0. The molecule has 0 bridgehead atoms. The van der Waals surface area contributed by atoms with Crippen molar-refractivity contribution in [1.29, 1.82) is 0 Å². The van der Waals surface area contributed by atoms with E-state index in [1.807, 2.05) is 35.2 Å². The summed E-state index contributed by atoms with van der Waals surface area (Å²) in [6.07, 6.45) is -9.82. The molecule has 0 aliphatic carbocycles. The van der Waals surface area contributed by atoms with E-state index in [0.29, 0.717) is 38.3 Å². The highest BCUT2D eigenvalue weighted by atomic mass is 19.4. The van der Waals surface area contributed by atoms with Gasteiger partial charge in [0.05, 0.1) is 44.0 Å². The van der Waals surface area contributed by atoms with Gasteiger partial charge >= 0.3 is 18.3 Å². The van der Waals surface area contributed by atoms with Gasteiger partial charge in [0.2, 0.25) is 0 Å². The normalized spacial score (nSPS) is 16.8. The van der Waals surface area contributed by atoms with Gasteiger partial charge in [0.25, 0.3) is 0 Å². The third-order valence-electron chi connectivity index (χ3n) is 5.80. The molecule has 2 aromatic rings. The SMILES string of the molecule is [11CH3]OC(=O)CN1CCN(C(COCc2cc(C(F)(F)F)cc(C(F)(F)F)c2)c2ccccc2)CC1. The van der Waals surface area contributed by atoms with Gasteiger partial charge in [-0.25, -0.2) is 0 Å². The van der Waals surface area contributed by atoms with Crippen LogP contribution in [0.3, 0.4) is 0 Å². The zero-order valence-electron chi connectivity index (χ0n) is 19.0. The third kappa shape index (κ3) is 7.68. The Balaban J connectivity index is 1.71. The van der Waals surface area contributed by atoms with Crippen molar-refractivity contribution in [2.24, 2.45) is 0 Å². The number of rotatable bonds is 8. The maximum absolute atomic E-state index is 13.1. The molecule has 3 rings (SSSR count). The predicted molar refractivity (Wildman–Crippen MR) is 115 cm³/mol. The highest BCUT2D eigenvalue weighted by Crippen LogP contribution is 2.36. The van der Waals surface area contributed by atoms with Crippen molar-refractivity contribution in [1.82, 2.24) is 9.80 Å². The molecule has 1 unspecified atom stereocenters. The van der Waals surface area contributed by atoms with Gasteiger partial charge in [0, 0.05) is 26.2 Å². The fourth-order valence-corrected chi connectivity index (χ4v) is 3.96. The van der Waals surface area contributed by atoms with Gasteiger partial charge in [-0.3, -0.25) is 14.6 Å². The third-order valence-corrected chi connectivity index (χ3v) is 5.80. The number of carbonyl (C=O) groups is 1. The average molecular weight is 503 g/mol. The molecule has 5 nitrogen and oxygen atoms in total. The van der Waals surface area contributed by atoms with Gasteiger partial charge in [-0.2, -0.15) is 26.3 Å². The van der Waals surface area contributed by atoms with E-state index in [-0.39, 0.29) is 36.8 Å². The molecule has 1 aliphatic rings. The number of halogens is 6. The van der Waals surface area contributed by atoms with E-state index in [1.54, 1.807) is 0 Å². The monoisotopic (exact) mass is 503 g/mol. The van der Waals surface area contributed by atoms with Crippen molar-refractivity contribution in [3.05, 3.63) is 70.8 Å². The first-order valence-corrected chi connectivity index (χ1v) is 10.9. The van der Waals surface area contributed by atoms with Crippen LogP contribution < -0.4 is 0 Å². The average Bonchev–Trinajstić information content (AvgIpc) is 2.82. The van der Waals surface area contributed by atoms with Crippen LogP contribution in [0, 0.1) is 0 Å². The molecule has 1 aliphatic heterocycles. The Hall–Kier alpha value is -2.63. The number of ether oxygens (including phenoxy) is 2.